The zero-order valence-electron chi connectivity index (χ0n) is 16.2. The van der Waals surface area contributed by atoms with Crippen molar-refractivity contribution in [2.24, 2.45) is 0 Å². The third-order valence-electron chi connectivity index (χ3n) is 5.30. The second kappa shape index (κ2) is 7.93. The van der Waals surface area contributed by atoms with Crippen molar-refractivity contribution in [3.05, 3.63) is 84.1 Å². The number of aromatic nitrogens is 4. The highest BCUT2D eigenvalue weighted by Crippen LogP contribution is 2.38. The Kier molecular flexibility index (Phi) is 5.34. The molecule has 0 saturated carbocycles. The largest absolute Gasteiger partial charge is 0.383 e. The SMILES string of the molecule is CSc1ccc2nc(C(C)C(O)(Cn3ccnn3)c3ccc(F)cc3)ccc2c1. The van der Waals surface area contributed by atoms with E-state index in [0.717, 1.165) is 16.6 Å². The van der Waals surface area contributed by atoms with Crippen LogP contribution in [0.25, 0.3) is 10.9 Å². The normalized spacial score (nSPS) is 14.6. The number of rotatable bonds is 6. The molecule has 4 rings (SSSR count). The van der Waals surface area contributed by atoms with Crippen molar-refractivity contribution in [2.75, 3.05) is 6.26 Å². The lowest BCUT2D eigenvalue weighted by molar-refractivity contribution is -0.00945. The Morgan fingerprint density at radius 1 is 1.14 bits per heavy atom. The van der Waals surface area contributed by atoms with E-state index in [1.807, 2.05) is 37.4 Å². The molecule has 0 aliphatic heterocycles. The fourth-order valence-corrected chi connectivity index (χ4v) is 3.96. The summed E-state index contributed by atoms with van der Waals surface area (Å²) in [6, 6.07) is 16.0. The minimum absolute atomic E-state index is 0.172. The molecule has 0 aliphatic carbocycles. The third-order valence-corrected chi connectivity index (χ3v) is 6.02. The summed E-state index contributed by atoms with van der Waals surface area (Å²) in [4.78, 5) is 5.98. The van der Waals surface area contributed by atoms with Gasteiger partial charge in [-0.3, -0.25) is 4.98 Å². The van der Waals surface area contributed by atoms with Crippen molar-refractivity contribution >= 4 is 22.7 Å². The number of thioether (sulfide) groups is 1. The van der Waals surface area contributed by atoms with E-state index in [1.165, 1.54) is 17.0 Å². The summed E-state index contributed by atoms with van der Waals surface area (Å²) in [5.74, 6) is -0.722. The average Bonchev–Trinajstić information content (AvgIpc) is 3.25. The van der Waals surface area contributed by atoms with Gasteiger partial charge in [0.2, 0.25) is 0 Å². The number of hydrogen-bond donors (Lipinski definition) is 1. The van der Waals surface area contributed by atoms with Crippen molar-refractivity contribution in [2.45, 2.75) is 29.9 Å². The number of aliphatic hydroxyl groups is 1. The monoisotopic (exact) mass is 408 g/mol. The molecule has 148 valence electrons. The fourth-order valence-electron chi connectivity index (χ4n) is 3.51. The highest BCUT2D eigenvalue weighted by atomic mass is 32.2. The summed E-state index contributed by atoms with van der Waals surface area (Å²) in [6.45, 7) is 2.09. The molecule has 0 aliphatic rings. The summed E-state index contributed by atoms with van der Waals surface area (Å²) >= 11 is 1.68. The number of benzene rings is 2. The van der Waals surface area contributed by atoms with E-state index in [1.54, 1.807) is 41.0 Å². The van der Waals surface area contributed by atoms with Gasteiger partial charge in [0.15, 0.2) is 0 Å². The molecule has 4 aromatic rings. The summed E-state index contributed by atoms with van der Waals surface area (Å²) in [5, 5.41) is 20.6. The molecular weight excluding hydrogens is 387 g/mol. The van der Waals surface area contributed by atoms with E-state index in [9.17, 15) is 9.50 Å². The average molecular weight is 409 g/mol. The van der Waals surface area contributed by atoms with Gasteiger partial charge in [-0.1, -0.05) is 30.3 Å². The molecular formula is C22H21FN4OS. The third kappa shape index (κ3) is 3.88. The van der Waals surface area contributed by atoms with Crippen LogP contribution in [0.5, 0.6) is 0 Å². The maximum atomic E-state index is 13.5. The molecule has 0 bridgehead atoms. The molecule has 5 nitrogen and oxygen atoms in total. The molecule has 0 saturated heterocycles. The Hall–Kier alpha value is -2.77. The standard InChI is InChI=1S/C22H21FN4OS/c1-15(20-9-3-16-13-19(29-2)8-10-21(16)25-20)22(28,14-27-12-11-24-26-27)17-4-6-18(23)7-5-17/h3-13,15,28H,14H2,1-2H3. The number of fused-ring (bicyclic) bond motifs is 1. The van der Waals surface area contributed by atoms with Crippen LogP contribution in [-0.2, 0) is 12.1 Å². The van der Waals surface area contributed by atoms with Crippen molar-refractivity contribution in [1.29, 1.82) is 0 Å². The van der Waals surface area contributed by atoms with Gasteiger partial charge in [0, 0.05) is 28.1 Å². The first-order valence-corrected chi connectivity index (χ1v) is 10.5. The molecule has 2 heterocycles. The van der Waals surface area contributed by atoms with Crippen molar-refractivity contribution in [3.63, 3.8) is 0 Å². The van der Waals surface area contributed by atoms with Crippen molar-refractivity contribution in [3.8, 4) is 0 Å². The maximum Gasteiger partial charge on any atom is 0.123 e. The lowest BCUT2D eigenvalue weighted by Gasteiger charge is -2.34. The summed E-state index contributed by atoms with van der Waals surface area (Å²) in [7, 11) is 0. The van der Waals surface area contributed by atoms with Gasteiger partial charge in [0.1, 0.15) is 11.4 Å². The second-order valence-corrected chi connectivity index (χ2v) is 7.93. The minimum Gasteiger partial charge on any atom is -0.383 e. The van der Waals surface area contributed by atoms with Gasteiger partial charge in [0.05, 0.1) is 18.3 Å². The fraction of sp³-hybridized carbons (Fsp3) is 0.227. The number of hydrogen-bond acceptors (Lipinski definition) is 5. The molecule has 0 amide bonds. The smallest absolute Gasteiger partial charge is 0.123 e. The van der Waals surface area contributed by atoms with Crippen molar-refractivity contribution < 1.29 is 9.50 Å². The molecule has 2 unspecified atom stereocenters. The highest BCUT2D eigenvalue weighted by molar-refractivity contribution is 7.98. The topological polar surface area (TPSA) is 63.8 Å². The van der Waals surface area contributed by atoms with Crippen LogP contribution in [0.3, 0.4) is 0 Å². The van der Waals surface area contributed by atoms with Crippen LogP contribution in [0.15, 0.2) is 71.9 Å². The molecule has 0 fully saturated rings. The van der Waals surface area contributed by atoms with Gasteiger partial charge in [-0.05, 0) is 48.2 Å². The van der Waals surface area contributed by atoms with Crippen LogP contribution in [0.4, 0.5) is 4.39 Å². The first-order valence-electron chi connectivity index (χ1n) is 9.27. The van der Waals surface area contributed by atoms with E-state index in [0.29, 0.717) is 5.56 Å². The second-order valence-electron chi connectivity index (χ2n) is 7.05. The van der Waals surface area contributed by atoms with Gasteiger partial charge < -0.3 is 5.11 Å². The lowest BCUT2D eigenvalue weighted by atomic mass is 9.80. The van der Waals surface area contributed by atoms with E-state index in [2.05, 4.69) is 16.4 Å². The molecule has 7 heteroatoms. The molecule has 0 spiro atoms. The molecule has 2 aromatic carbocycles. The Morgan fingerprint density at radius 3 is 2.62 bits per heavy atom. The van der Waals surface area contributed by atoms with Gasteiger partial charge in [-0.15, -0.1) is 16.9 Å². The zero-order chi connectivity index (χ0) is 20.4. The number of nitrogens with zero attached hydrogens (tertiary/aromatic N) is 4. The molecule has 2 atom stereocenters. The maximum absolute atomic E-state index is 13.5. The van der Waals surface area contributed by atoms with Gasteiger partial charge >= 0.3 is 0 Å². The van der Waals surface area contributed by atoms with Gasteiger partial charge in [-0.25, -0.2) is 9.07 Å². The quantitative estimate of drug-likeness (QED) is 0.480. The highest BCUT2D eigenvalue weighted by Gasteiger charge is 2.38. The predicted octanol–water partition coefficient (Wildman–Crippen LogP) is 4.38. The Balaban J connectivity index is 1.77. The summed E-state index contributed by atoms with van der Waals surface area (Å²) < 4.78 is 15.1. The molecule has 2 aromatic heterocycles. The molecule has 0 radical (unpaired) electrons. The van der Waals surface area contributed by atoms with Crippen LogP contribution < -0.4 is 0 Å². The first kappa shape index (κ1) is 19.5. The number of pyridine rings is 1. The Bertz CT molecular complexity index is 1120. The molecule has 29 heavy (non-hydrogen) atoms. The van der Waals surface area contributed by atoms with Crippen LogP contribution in [0.2, 0.25) is 0 Å². The summed E-state index contributed by atoms with van der Waals surface area (Å²) in [6.07, 6.45) is 5.30. The van der Waals surface area contributed by atoms with E-state index in [4.69, 9.17) is 4.98 Å². The van der Waals surface area contributed by atoms with E-state index < -0.39 is 5.60 Å². The van der Waals surface area contributed by atoms with Gasteiger partial charge in [0.25, 0.3) is 0 Å². The van der Waals surface area contributed by atoms with Crippen LogP contribution in [0.1, 0.15) is 24.1 Å². The first-order chi connectivity index (χ1) is 14.0. The minimum atomic E-state index is -1.35. The zero-order valence-corrected chi connectivity index (χ0v) is 17.0. The van der Waals surface area contributed by atoms with Gasteiger partial charge in [-0.2, -0.15) is 0 Å². The number of halogens is 1. The lowest BCUT2D eigenvalue weighted by Crippen LogP contribution is -2.37. The van der Waals surface area contributed by atoms with Crippen LogP contribution in [-0.4, -0.2) is 31.3 Å². The van der Waals surface area contributed by atoms with Crippen LogP contribution >= 0.6 is 11.8 Å². The Morgan fingerprint density at radius 2 is 1.93 bits per heavy atom. The molecule has 1 N–H and O–H groups in total. The predicted molar refractivity (Wildman–Crippen MR) is 112 cm³/mol. The Labute approximate surface area is 172 Å². The van der Waals surface area contributed by atoms with E-state index in [-0.39, 0.29) is 18.3 Å². The van der Waals surface area contributed by atoms with Crippen LogP contribution in [0, 0.1) is 5.82 Å². The summed E-state index contributed by atoms with van der Waals surface area (Å²) in [5.41, 5.74) is 0.874. The van der Waals surface area contributed by atoms with E-state index >= 15 is 0 Å². The van der Waals surface area contributed by atoms with Crippen molar-refractivity contribution in [1.82, 2.24) is 20.0 Å².